The second kappa shape index (κ2) is 11.1. The van der Waals surface area contributed by atoms with E-state index in [2.05, 4.69) is 5.32 Å². The van der Waals surface area contributed by atoms with E-state index in [1.807, 2.05) is 81.4 Å². The minimum absolute atomic E-state index is 0.0969. The van der Waals surface area contributed by atoms with Crippen LogP contribution < -0.4 is 10.1 Å². The molecular formula is C28H34N2O4S. The fraction of sp³-hybridized carbons (Fsp3) is 0.321. The molecule has 0 fully saturated rings. The van der Waals surface area contributed by atoms with Crippen LogP contribution in [0.3, 0.4) is 0 Å². The molecule has 1 amide bonds. The van der Waals surface area contributed by atoms with Gasteiger partial charge in [-0.2, -0.15) is 4.31 Å². The van der Waals surface area contributed by atoms with Gasteiger partial charge in [0.1, 0.15) is 5.75 Å². The maximum atomic E-state index is 13.9. The number of methoxy groups -OCH3 is 1. The number of sulfonamides is 1. The van der Waals surface area contributed by atoms with Gasteiger partial charge in [-0.3, -0.25) is 4.79 Å². The SMILES string of the molecule is COc1ccc(C(C)NC(=O)CN(Cc2ccc(C)cc2)S(=O)(=O)c2c(C)cc(C)cc2C)cc1. The van der Waals surface area contributed by atoms with Gasteiger partial charge in [-0.25, -0.2) is 8.42 Å². The van der Waals surface area contributed by atoms with Crippen LogP contribution in [0.1, 0.15) is 46.3 Å². The molecule has 3 aromatic carbocycles. The molecule has 0 radical (unpaired) electrons. The Balaban J connectivity index is 1.89. The van der Waals surface area contributed by atoms with E-state index in [0.717, 1.165) is 28.0 Å². The third-order valence-electron chi connectivity index (χ3n) is 6.00. The Labute approximate surface area is 209 Å². The average Bonchev–Trinajstić information content (AvgIpc) is 2.79. The highest BCUT2D eigenvalue weighted by Crippen LogP contribution is 2.27. The van der Waals surface area contributed by atoms with E-state index >= 15 is 0 Å². The standard InChI is InChI=1S/C28H34N2O4S/c1-19-7-9-24(10-8-19)17-30(35(32,33)28-21(3)15-20(2)16-22(28)4)18-27(31)29-23(5)25-11-13-26(34-6)14-12-25/h7-16,23H,17-18H2,1-6H3,(H,29,31). The molecule has 3 rings (SSSR count). The Bertz CT molecular complexity index is 1260. The number of hydrogen-bond acceptors (Lipinski definition) is 4. The molecule has 3 aromatic rings. The molecule has 0 saturated carbocycles. The zero-order valence-electron chi connectivity index (χ0n) is 21.3. The van der Waals surface area contributed by atoms with Crippen LogP contribution in [0.5, 0.6) is 5.75 Å². The normalized spacial score (nSPS) is 12.4. The topological polar surface area (TPSA) is 75.7 Å². The van der Waals surface area contributed by atoms with Gasteiger partial charge in [0.25, 0.3) is 0 Å². The Hall–Kier alpha value is -3.16. The summed E-state index contributed by atoms with van der Waals surface area (Å²) >= 11 is 0. The molecule has 0 bridgehead atoms. The van der Waals surface area contributed by atoms with Crippen molar-refractivity contribution in [3.63, 3.8) is 0 Å². The number of nitrogens with one attached hydrogen (secondary N) is 1. The van der Waals surface area contributed by atoms with E-state index in [1.165, 1.54) is 4.31 Å². The lowest BCUT2D eigenvalue weighted by molar-refractivity contribution is -0.122. The quantitative estimate of drug-likeness (QED) is 0.454. The fourth-order valence-electron chi connectivity index (χ4n) is 4.25. The molecule has 0 spiro atoms. The van der Waals surface area contributed by atoms with Crippen LogP contribution in [0, 0.1) is 27.7 Å². The molecule has 0 aliphatic rings. The molecule has 1 N–H and O–H groups in total. The lowest BCUT2D eigenvalue weighted by Crippen LogP contribution is -2.41. The van der Waals surface area contributed by atoms with Gasteiger partial charge in [0.15, 0.2) is 0 Å². The third-order valence-corrected chi connectivity index (χ3v) is 8.09. The van der Waals surface area contributed by atoms with Crippen molar-refractivity contribution in [2.24, 2.45) is 0 Å². The molecule has 1 atom stereocenters. The van der Waals surface area contributed by atoms with Gasteiger partial charge in [-0.1, -0.05) is 59.7 Å². The first kappa shape index (κ1) is 26.4. The number of nitrogens with zero attached hydrogens (tertiary/aromatic N) is 1. The zero-order chi connectivity index (χ0) is 25.8. The first-order chi connectivity index (χ1) is 16.5. The molecule has 186 valence electrons. The highest BCUT2D eigenvalue weighted by Gasteiger charge is 2.30. The van der Waals surface area contributed by atoms with Crippen LogP contribution in [0.15, 0.2) is 65.6 Å². The van der Waals surface area contributed by atoms with Crippen molar-refractivity contribution in [3.05, 3.63) is 94.0 Å². The van der Waals surface area contributed by atoms with Crippen molar-refractivity contribution in [2.75, 3.05) is 13.7 Å². The van der Waals surface area contributed by atoms with Gasteiger partial charge in [-0.15, -0.1) is 0 Å². The summed E-state index contributed by atoms with van der Waals surface area (Å²) in [5.41, 5.74) is 5.14. The minimum atomic E-state index is -3.94. The second-order valence-electron chi connectivity index (χ2n) is 9.05. The molecule has 0 heterocycles. The number of rotatable bonds is 9. The highest BCUT2D eigenvalue weighted by atomic mass is 32.2. The molecule has 0 aliphatic carbocycles. The summed E-state index contributed by atoms with van der Waals surface area (Å²) in [4.78, 5) is 13.3. The molecule has 6 nitrogen and oxygen atoms in total. The van der Waals surface area contributed by atoms with E-state index in [-0.39, 0.29) is 29.9 Å². The fourth-order valence-corrected chi connectivity index (χ4v) is 6.05. The Morgan fingerprint density at radius 1 is 0.914 bits per heavy atom. The van der Waals surface area contributed by atoms with Gasteiger partial charge in [0.05, 0.1) is 24.6 Å². The number of ether oxygens (including phenoxy) is 1. The Morgan fingerprint density at radius 3 is 2.03 bits per heavy atom. The predicted molar refractivity (Wildman–Crippen MR) is 139 cm³/mol. The van der Waals surface area contributed by atoms with Crippen LogP contribution in [0.25, 0.3) is 0 Å². The number of carbonyl (C=O) groups is 1. The number of benzene rings is 3. The third kappa shape index (κ3) is 6.50. The van der Waals surface area contributed by atoms with Crippen LogP contribution in [-0.2, 0) is 21.4 Å². The van der Waals surface area contributed by atoms with Gasteiger partial charge >= 0.3 is 0 Å². The van der Waals surface area contributed by atoms with Crippen LogP contribution in [0.4, 0.5) is 0 Å². The van der Waals surface area contributed by atoms with E-state index in [4.69, 9.17) is 4.74 Å². The summed E-state index contributed by atoms with van der Waals surface area (Å²) in [6, 6.07) is 18.5. The summed E-state index contributed by atoms with van der Waals surface area (Å²) < 4.78 is 34.2. The summed E-state index contributed by atoms with van der Waals surface area (Å²) in [7, 11) is -2.34. The van der Waals surface area contributed by atoms with E-state index < -0.39 is 10.0 Å². The van der Waals surface area contributed by atoms with E-state index in [0.29, 0.717) is 11.1 Å². The van der Waals surface area contributed by atoms with Crippen molar-refractivity contribution in [2.45, 2.75) is 52.1 Å². The minimum Gasteiger partial charge on any atom is -0.497 e. The second-order valence-corrected chi connectivity index (χ2v) is 10.9. The van der Waals surface area contributed by atoms with Crippen molar-refractivity contribution in [3.8, 4) is 5.75 Å². The monoisotopic (exact) mass is 494 g/mol. The van der Waals surface area contributed by atoms with Gasteiger partial charge in [0, 0.05) is 6.54 Å². The molecule has 0 aromatic heterocycles. The highest BCUT2D eigenvalue weighted by molar-refractivity contribution is 7.89. The molecule has 7 heteroatoms. The Kier molecular flexibility index (Phi) is 8.35. The van der Waals surface area contributed by atoms with Crippen molar-refractivity contribution in [1.29, 1.82) is 0 Å². The summed E-state index contributed by atoms with van der Waals surface area (Å²) in [5, 5.41) is 2.94. The molecule has 1 unspecified atom stereocenters. The van der Waals surface area contributed by atoms with Crippen LogP contribution in [-0.4, -0.2) is 32.3 Å². The number of amides is 1. The smallest absolute Gasteiger partial charge is 0.244 e. The predicted octanol–water partition coefficient (Wildman–Crippen LogP) is 5.00. The van der Waals surface area contributed by atoms with Gasteiger partial charge in [-0.05, 0) is 69.0 Å². The maximum Gasteiger partial charge on any atom is 0.244 e. The van der Waals surface area contributed by atoms with E-state index in [9.17, 15) is 13.2 Å². The lowest BCUT2D eigenvalue weighted by Gasteiger charge is -2.25. The van der Waals surface area contributed by atoms with Gasteiger partial charge in [0.2, 0.25) is 15.9 Å². The summed E-state index contributed by atoms with van der Waals surface area (Å²) in [6.45, 7) is 9.18. The van der Waals surface area contributed by atoms with Crippen LogP contribution in [0.2, 0.25) is 0 Å². The first-order valence-corrected chi connectivity index (χ1v) is 13.0. The first-order valence-electron chi connectivity index (χ1n) is 11.6. The van der Waals surface area contributed by atoms with Crippen molar-refractivity contribution < 1.29 is 17.9 Å². The lowest BCUT2D eigenvalue weighted by atomic mass is 10.1. The largest absolute Gasteiger partial charge is 0.497 e. The number of hydrogen-bond donors (Lipinski definition) is 1. The zero-order valence-corrected chi connectivity index (χ0v) is 22.1. The van der Waals surface area contributed by atoms with Crippen LogP contribution >= 0.6 is 0 Å². The van der Waals surface area contributed by atoms with Crippen molar-refractivity contribution >= 4 is 15.9 Å². The van der Waals surface area contributed by atoms with Crippen molar-refractivity contribution in [1.82, 2.24) is 9.62 Å². The summed E-state index contributed by atoms with van der Waals surface area (Å²) in [6.07, 6.45) is 0. The van der Waals surface area contributed by atoms with Gasteiger partial charge < -0.3 is 10.1 Å². The number of carbonyl (C=O) groups excluding carboxylic acids is 1. The molecule has 0 saturated heterocycles. The molecule has 35 heavy (non-hydrogen) atoms. The molecular weight excluding hydrogens is 460 g/mol. The van der Waals surface area contributed by atoms with E-state index in [1.54, 1.807) is 21.0 Å². The number of aryl methyl sites for hydroxylation is 4. The summed E-state index contributed by atoms with van der Waals surface area (Å²) in [5.74, 6) is 0.359. The average molecular weight is 495 g/mol. The maximum absolute atomic E-state index is 13.9. The molecule has 0 aliphatic heterocycles. The Morgan fingerprint density at radius 2 is 1.49 bits per heavy atom.